The van der Waals surface area contributed by atoms with Crippen LogP contribution >= 0.6 is 23.1 Å². The molecule has 4 rings (SSSR count). The number of carbonyl (C=O) groups excluding carboxylic acids is 3. The molecule has 0 aromatic carbocycles. The van der Waals surface area contributed by atoms with Crippen molar-refractivity contribution in [2.45, 2.75) is 24.9 Å². The van der Waals surface area contributed by atoms with Gasteiger partial charge in [0.1, 0.15) is 35.2 Å². The number of anilines is 1. The van der Waals surface area contributed by atoms with E-state index in [1.807, 2.05) is 0 Å². The molecule has 14 nitrogen and oxygen atoms in total. The second kappa shape index (κ2) is 10.1. The predicted molar refractivity (Wildman–Crippen MR) is 123 cm³/mol. The first-order valence-electron chi connectivity index (χ1n) is 10.00. The number of aromatic amines is 1. The lowest BCUT2D eigenvalue weighted by Gasteiger charge is -2.49. The van der Waals surface area contributed by atoms with Gasteiger partial charge in [-0.2, -0.15) is 0 Å². The van der Waals surface area contributed by atoms with Gasteiger partial charge in [0, 0.05) is 36.0 Å². The third-order valence-electron chi connectivity index (χ3n) is 4.88. The predicted octanol–water partition coefficient (Wildman–Crippen LogP) is -0.329. The van der Waals surface area contributed by atoms with Crippen LogP contribution in [0.5, 0.6) is 0 Å². The van der Waals surface area contributed by atoms with Crippen LogP contribution in [0.4, 0.5) is 5.13 Å². The number of aromatic nitrogens is 3. The summed E-state index contributed by atoms with van der Waals surface area (Å²) < 4.78 is 4.91. The van der Waals surface area contributed by atoms with Crippen molar-refractivity contribution >= 4 is 57.7 Å². The number of thiazole rings is 1. The number of ether oxygens (including phenoxy) is 1. The van der Waals surface area contributed by atoms with Crippen LogP contribution in [0.1, 0.15) is 18.4 Å². The van der Waals surface area contributed by atoms with E-state index in [0.717, 1.165) is 16.2 Å². The quantitative estimate of drug-likeness (QED) is 0.146. The molecular formula is C19H19N7O7S2. The molecule has 35 heavy (non-hydrogen) atoms. The number of H-pyrrole nitrogens is 1. The maximum atomic E-state index is 13.0. The zero-order chi connectivity index (χ0) is 25.1. The number of fused-ring (bicyclic) bond motifs is 1. The maximum absolute atomic E-state index is 13.0. The second-order valence-electron chi connectivity index (χ2n) is 7.22. The number of imidazole rings is 1. The van der Waals surface area contributed by atoms with Crippen LogP contribution in [0.3, 0.4) is 0 Å². The van der Waals surface area contributed by atoms with Crippen LogP contribution in [0, 0.1) is 0 Å². The summed E-state index contributed by atoms with van der Waals surface area (Å²) in [5.74, 6) is -2.60. The Morgan fingerprint density at radius 1 is 1.40 bits per heavy atom. The third-order valence-corrected chi connectivity index (χ3v) is 6.89. The number of nitrogen functional groups attached to an aromatic ring is 1. The van der Waals surface area contributed by atoms with E-state index in [9.17, 15) is 24.3 Å². The van der Waals surface area contributed by atoms with Gasteiger partial charge in [0.05, 0.1) is 0 Å². The highest BCUT2D eigenvalue weighted by molar-refractivity contribution is 8.00. The van der Waals surface area contributed by atoms with Gasteiger partial charge in [-0.1, -0.05) is 5.16 Å². The Labute approximate surface area is 205 Å². The van der Waals surface area contributed by atoms with Gasteiger partial charge in [0.2, 0.25) is 0 Å². The first-order valence-corrected chi connectivity index (χ1v) is 11.9. The highest BCUT2D eigenvalue weighted by atomic mass is 32.2. The van der Waals surface area contributed by atoms with Crippen molar-refractivity contribution in [3.05, 3.63) is 40.6 Å². The van der Waals surface area contributed by atoms with E-state index in [-0.39, 0.29) is 41.2 Å². The van der Waals surface area contributed by atoms with Gasteiger partial charge in [-0.3, -0.25) is 19.3 Å². The SMILES string of the molecule is CC(=O)OCC1=C(C(=O)O)N2C(=O)[C@H](NC(=O)C(=NOCc3ncc[nH]3)c3csc(N)n3)[C@@H]2SC1. The minimum Gasteiger partial charge on any atom is -0.477 e. The Balaban J connectivity index is 1.49. The fourth-order valence-corrected chi connectivity index (χ4v) is 5.20. The molecule has 2 aliphatic heterocycles. The number of hydrogen-bond donors (Lipinski definition) is 4. The highest BCUT2D eigenvalue weighted by Crippen LogP contribution is 2.40. The molecule has 1 saturated heterocycles. The molecule has 0 spiro atoms. The molecule has 1 fully saturated rings. The van der Waals surface area contributed by atoms with E-state index in [2.05, 4.69) is 25.4 Å². The average Bonchev–Trinajstić information content (AvgIpc) is 3.49. The summed E-state index contributed by atoms with van der Waals surface area (Å²) in [7, 11) is 0. The molecule has 2 atom stereocenters. The summed E-state index contributed by atoms with van der Waals surface area (Å²) in [4.78, 5) is 66.0. The third kappa shape index (κ3) is 5.12. The largest absolute Gasteiger partial charge is 0.477 e. The van der Waals surface area contributed by atoms with Crippen LogP contribution in [0.15, 0.2) is 34.2 Å². The lowest BCUT2D eigenvalue weighted by atomic mass is 10.0. The van der Waals surface area contributed by atoms with E-state index in [1.165, 1.54) is 30.3 Å². The molecule has 5 N–H and O–H groups in total. The molecule has 0 unspecified atom stereocenters. The van der Waals surface area contributed by atoms with Gasteiger partial charge in [0.15, 0.2) is 17.5 Å². The van der Waals surface area contributed by atoms with Crippen molar-refractivity contribution in [2.75, 3.05) is 18.1 Å². The molecule has 2 aromatic rings. The number of nitrogens with two attached hydrogens (primary N) is 1. The first kappa shape index (κ1) is 24.2. The van der Waals surface area contributed by atoms with Crippen molar-refractivity contribution in [2.24, 2.45) is 5.16 Å². The number of esters is 1. The average molecular weight is 522 g/mol. The van der Waals surface area contributed by atoms with Crippen LogP contribution in [-0.2, 0) is 35.4 Å². The lowest BCUT2D eigenvalue weighted by Crippen LogP contribution is -2.71. The molecule has 2 aromatic heterocycles. The topological polar surface area (TPSA) is 202 Å². The number of rotatable bonds is 9. The first-order chi connectivity index (χ1) is 16.8. The summed E-state index contributed by atoms with van der Waals surface area (Å²) >= 11 is 2.33. The number of thioether (sulfide) groups is 1. The summed E-state index contributed by atoms with van der Waals surface area (Å²) in [6.45, 7) is 0.913. The number of β-lactam (4-membered cyclic amide) rings is 1. The molecule has 0 saturated carbocycles. The Bertz CT molecular complexity index is 1220. The number of nitrogens with one attached hydrogen (secondary N) is 2. The fraction of sp³-hybridized carbons (Fsp3) is 0.316. The summed E-state index contributed by atoms with van der Waals surface area (Å²) in [6, 6.07) is -1.01. The number of oxime groups is 1. The lowest BCUT2D eigenvalue weighted by molar-refractivity contribution is -0.150. The van der Waals surface area contributed by atoms with Gasteiger partial charge in [-0.25, -0.2) is 14.8 Å². The van der Waals surface area contributed by atoms with Gasteiger partial charge in [-0.05, 0) is 0 Å². The number of nitrogens with zero attached hydrogens (tertiary/aromatic N) is 4. The second-order valence-corrected chi connectivity index (χ2v) is 9.21. The number of aliphatic carboxylic acids is 1. The normalized spacial score (nSPS) is 19.6. The number of hydrogen-bond acceptors (Lipinski definition) is 12. The summed E-state index contributed by atoms with van der Waals surface area (Å²) in [6.07, 6.45) is 3.13. The molecular weight excluding hydrogens is 502 g/mol. The maximum Gasteiger partial charge on any atom is 0.352 e. The van der Waals surface area contributed by atoms with Crippen LogP contribution in [0.2, 0.25) is 0 Å². The molecule has 0 radical (unpaired) electrons. The van der Waals surface area contributed by atoms with Crippen molar-refractivity contribution < 1.29 is 33.9 Å². The van der Waals surface area contributed by atoms with E-state index in [0.29, 0.717) is 11.4 Å². The molecule has 2 amide bonds. The number of carboxylic acid groups (broad SMARTS) is 1. The van der Waals surface area contributed by atoms with Crippen LogP contribution in [0.25, 0.3) is 0 Å². The molecule has 0 aliphatic carbocycles. The molecule has 184 valence electrons. The summed E-state index contributed by atoms with van der Waals surface area (Å²) in [5, 5.41) is 17.2. The number of carbonyl (C=O) groups is 4. The van der Waals surface area contributed by atoms with Crippen molar-refractivity contribution in [3.8, 4) is 0 Å². The van der Waals surface area contributed by atoms with Gasteiger partial charge < -0.3 is 30.7 Å². The number of amides is 2. The van der Waals surface area contributed by atoms with E-state index >= 15 is 0 Å². The number of carboxylic acids is 1. The van der Waals surface area contributed by atoms with Gasteiger partial charge in [0.25, 0.3) is 11.8 Å². The van der Waals surface area contributed by atoms with E-state index < -0.39 is 35.2 Å². The minimum absolute atomic E-state index is 0.0457. The van der Waals surface area contributed by atoms with Crippen molar-refractivity contribution in [1.29, 1.82) is 0 Å². The zero-order valence-electron chi connectivity index (χ0n) is 18.1. The van der Waals surface area contributed by atoms with Gasteiger partial charge in [-0.15, -0.1) is 23.1 Å². The Hall–Kier alpha value is -3.92. The van der Waals surface area contributed by atoms with Gasteiger partial charge >= 0.3 is 11.9 Å². The molecule has 4 heterocycles. The highest BCUT2D eigenvalue weighted by Gasteiger charge is 2.54. The Morgan fingerprint density at radius 2 is 2.20 bits per heavy atom. The standard InChI is InChI=1S/C19H19N7O7S2/c1-8(27)32-4-9-6-34-17-13(16(29)26(17)14(9)18(30)31)24-15(28)12(10-7-35-19(20)23-10)25-33-5-11-21-2-3-22-11/h2-3,7,13,17H,4-6H2,1H3,(H2,20,23)(H,21,22)(H,24,28)(H,30,31)/t13-,17-/m0/s1. The smallest absolute Gasteiger partial charge is 0.352 e. The Kier molecular flexibility index (Phi) is 7.02. The molecule has 16 heteroatoms. The summed E-state index contributed by atoms with van der Waals surface area (Å²) in [5.41, 5.74) is 5.66. The monoisotopic (exact) mass is 521 g/mol. The van der Waals surface area contributed by atoms with Crippen molar-refractivity contribution in [3.63, 3.8) is 0 Å². The van der Waals surface area contributed by atoms with E-state index in [4.69, 9.17) is 15.3 Å². The van der Waals surface area contributed by atoms with E-state index in [1.54, 1.807) is 6.20 Å². The van der Waals surface area contributed by atoms with Crippen molar-refractivity contribution in [1.82, 2.24) is 25.2 Å². The fourth-order valence-electron chi connectivity index (χ4n) is 3.33. The zero-order valence-corrected chi connectivity index (χ0v) is 19.7. The Morgan fingerprint density at radius 3 is 2.83 bits per heavy atom. The molecule has 0 bridgehead atoms. The molecule has 2 aliphatic rings. The van der Waals surface area contributed by atoms with Crippen LogP contribution in [-0.4, -0.2) is 78.2 Å². The minimum atomic E-state index is -1.33. The van der Waals surface area contributed by atoms with Crippen LogP contribution < -0.4 is 11.1 Å².